The second kappa shape index (κ2) is 9.50. The van der Waals surface area contributed by atoms with Gasteiger partial charge >= 0.3 is 0 Å². The van der Waals surface area contributed by atoms with Crippen LogP contribution in [0.5, 0.6) is 17.2 Å². The van der Waals surface area contributed by atoms with E-state index in [1.165, 1.54) is 0 Å². The largest absolute Gasteiger partial charge is 0.493 e. The number of rotatable bonds is 7. The number of anilines is 1. The predicted octanol–water partition coefficient (Wildman–Crippen LogP) is 4.61. The highest BCUT2D eigenvalue weighted by Crippen LogP contribution is 2.32. The number of aromatic nitrogens is 2. The van der Waals surface area contributed by atoms with Gasteiger partial charge in [-0.15, -0.1) is 0 Å². The topological polar surface area (TPSA) is 89.8 Å². The molecule has 0 bridgehead atoms. The number of methoxy groups -OCH3 is 1. The zero-order valence-corrected chi connectivity index (χ0v) is 18.5. The van der Waals surface area contributed by atoms with Crippen LogP contribution in [-0.4, -0.2) is 29.0 Å². The molecule has 1 atom stereocenters. The van der Waals surface area contributed by atoms with Crippen molar-refractivity contribution in [3.05, 3.63) is 102 Å². The number of hydrogen-bond acceptors (Lipinski definition) is 6. The third-order valence-corrected chi connectivity index (χ3v) is 5.49. The van der Waals surface area contributed by atoms with Gasteiger partial charge in [0.05, 0.1) is 32.1 Å². The number of nitrogens with one attached hydrogen (secondary N) is 2. The van der Waals surface area contributed by atoms with Crippen LogP contribution < -0.4 is 20.2 Å². The van der Waals surface area contributed by atoms with E-state index in [1.807, 2.05) is 54.6 Å². The first-order chi connectivity index (χ1) is 16.7. The number of benzene rings is 3. The van der Waals surface area contributed by atoms with Crippen molar-refractivity contribution >= 4 is 17.9 Å². The maximum Gasteiger partial charge on any atom is 0.276 e. The lowest BCUT2D eigenvalue weighted by Gasteiger charge is -2.11. The van der Waals surface area contributed by atoms with Gasteiger partial charge < -0.3 is 14.8 Å². The molecule has 0 aliphatic carbocycles. The highest BCUT2D eigenvalue weighted by Gasteiger charge is 2.27. The summed E-state index contributed by atoms with van der Waals surface area (Å²) in [5.41, 5.74) is 4.91. The van der Waals surface area contributed by atoms with Crippen molar-refractivity contribution in [2.75, 3.05) is 12.4 Å². The maximum atomic E-state index is 12.7. The van der Waals surface area contributed by atoms with Crippen molar-refractivity contribution in [1.29, 1.82) is 0 Å². The molecule has 34 heavy (non-hydrogen) atoms. The van der Waals surface area contributed by atoms with Gasteiger partial charge in [-0.2, -0.15) is 10.2 Å². The fraction of sp³-hybridized carbons (Fsp3) is 0.115. The molecule has 3 aromatic carbocycles. The highest BCUT2D eigenvalue weighted by atomic mass is 16.5. The zero-order valence-electron chi connectivity index (χ0n) is 18.5. The van der Waals surface area contributed by atoms with Gasteiger partial charge in [0.1, 0.15) is 17.1 Å². The van der Waals surface area contributed by atoms with E-state index in [2.05, 4.69) is 33.1 Å². The highest BCUT2D eigenvalue weighted by molar-refractivity contribution is 5.99. The Labute approximate surface area is 196 Å². The lowest BCUT2D eigenvalue weighted by atomic mass is 10.1. The van der Waals surface area contributed by atoms with Gasteiger partial charge in [0.2, 0.25) is 0 Å². The van der Waals surface area contributed by atoms with Gasteiger partial charge in [0.15, 0.2) is 11.5 Å². The minimum Gasteiger partial charge on any atom is -0.493 e. The quantitative estimate of drug-likeness (QED) is 0.315. The first-order valence-electron chi connectivity index (χ1n) is 10.8. The molecule has 1 aliphatic heterocycles. The van der Waals surface area contributed by atoms with Crippen LogP contribution in [0.1, 0.15) is 27.5 Å². The Kier molecular flexibility index (Phi) is 5.94. The fourth-order valence-electron chi connectivity index (χ4n) is 3.79. The van der Waals surface area contributed by atoms with E-state index in [-0.39, 0.29) is 11.9 Å². The van der Waals surface area contributed by atoms with Crippen molar-refractivity contribution in [2.24, 2.45) is 5.10 Å². The van der Waals surface area contributed by atoms with Crippen molar-refractivity contribution in [2.45, 2.75) is 12.6 Å². The minimum absolute atomic E-state index is 0.0716. The van der Waals surface area contributed by atoms with E-state index in [4.69, 9.17) is 9.47 Å². The Balaban J connectivity index is 1.26. The van der Waals surface area contributed by atoms with Crippen LogP contribution in [0.4, 0.5) is 5.82 Å². The zero-order chi connectivity index (χ0) is 23.3. The number of para-hydroxylation sites is 1. The molecule has 4 aromatic rings. The van der Waals surface area contributed by atoms with E-state index >= 15 is 0 Å². The van der Waals surface area contributed by atoms with E-state index in [1.54, 1.807) is 36.3 Å². The van der Waals surface area contributed by atoms with E-state index in [0.29, 0.717) is 35.2 Å². The van der Waals surface area contributed by atoms with Gasteiger partial charge in [-0.1, -0.05) is 48.5 Å². The first kappa shape index (κ1) is 21.3. The molecule has 8 nitrogen and oxygen atoms in total. The lowest BCUT2D eigenvalue weighted by molar-refractivity contribution is 0.0956. The van der Waals surface area contributed by atoms with Crippen LogP contribution in [0.25, 0.3) is 0 Å². The first-order valence-corrected chi connectivity index (χ1v) is 10.8. The van der Waals surface area contributed by atoms with Crippen LogP contribution in [0, 0.1) is 0 Å². The van der Waals surface area contributed by atoms with Gasteiger partial charge in [0.25, 0.3) is 5.91 Å². The molecule has 1 aliphatic rings. The monoisotopic (exact) mass is 453 g/mol. The molecule has 170 valence electrons. The Morgan fingerprint density at radius 1 is 1.09 bits per heavy atom. The summed E-state index contributed by atoms with van der Waals surface area (Å²) in [5, 5.41) is 11.8. The van der Waals surface area contributed by atoms with Crippen LogP contribution in [0.2, 0.25) is 0 Å². The third-order valence-electron chi connectivity index (χ3n) is 5.49. The van der Waals surface area contributed by atoms with Crippen molar-refractivity contribution in [3.8, 4) is 17.2 Å². The summed E-state index contributed by atoms with van der Waals surface area (Å²) < 4.78 is 13.1. The van der Waals surface area contributed by atoms with E-state index < -0.39 is 0 Å². The molecule has 1 unspecified atom stereocenters. The lowest BCUT2D eigenvalue weighted by Crippen LogP contribution is -2.18. The SMILES string of the molecule is COc1ccc(/C=N/NC(=O)c2cnn3c2NC(c2ccccc2)C3)cc1Oc1ccccc1. The number of nitrogens with zero attached hydrogens (tertiary/aromatic N) is 3. The fourth-order valence-corrected chi connectivity index (χ4v) is 3.79. The Morgan fingerprint density at radius 3 is 2.62 bits per heavy atom. The Hall–Kier alpha value is -4.59. The standard InChI is InChI=1S/C26H23N5O3/c1-33-23-13-12-18(14-24(23)34-20-10-6-3-7-11-20)15-27-30-26(32)21-16-28-31-17-22(29-25(21)31)19-8-4-2-5-9-19/h2-16,22,29H,17H2,1H3,(H,30,32)/b27-15+. The Bertz CT molecular complexity index is 1320. The summed E-state index contributed by atoms with van der Waals surface area (Å²) in [6.45, 7) is 0.659. The number of hydrogen-bond donors (Lipinski definition) is 2. The Morgan fingerprint density at radius 2 is 1.85 bits per heavy atom. The summed E-state index contributed by atoms with van der Waals surface area (Å²) in [5.74, 6) is 2.19. The second-order valence-corrected chi connectivity index (χ2v) is 7.72. The van der Waals surface area contributed by atoms with E-state index in [9.17, 15) is 4.79 Å². The van der Waals surface area contributed by atoms with Crippen LogP contribution in [-0.2, 0) is 6.54 Å². The molecule has 0 saturated heterocycles. The molecule has 5 rings (SSSR count). The molecular formula is C26H23N5O3. The molecule has 1 amide bonds. The number of amides is 1. The van der Waals surface area contributed by atoms with Crippen molar-refractivity contribution in [1.82, 2.24) is 15.2 Å². The molecule has 2 N–H and O–H groups in total. The van der Waals surface area contributed by atoms with Crippen LogP contribution >= 0.6 is 0 Å². The summed E-state index contributed by atoms with van der Waals surface area (Å²) in [7, 11) is 1.59. The second-order valence-electron chi connectivity index (χ2n) is 7.72. The van der Waals surface area contributed by atoms with E-state index in [0.717, 1.165) is 11.1 Å². The summed E-state index contributed by atoms with van der Waals surface area (Å²) >= 11 is 0. The number of fused-ring (bicyclic) bond motifs is 1. The summed E-state index contributed by atoms with van der Waals surface area (Å²) in [6, 6.07) is 25.0. The number of carbonyl (C=O) groups is 1. The smallest absolute Gasteiger partial charge is 0.276 e. The molecule has 0 fully saturated rings. The number of carbonyl (C=O) groups excluding carboxylic acids is 1. The molecule has 8 heteroatoms. The molecule has 0 radical (unpaired) electrons. The van der Waals surface area contributed by atoms with Crippen molar-refractivity contribution < 1.29 is 14.3 Å². The molecule has 0 saturated carbocycles. The van der Waals surface area contributed by atoms with Crippen LogP contribution in [0.15, 0.2) is 90.2 Å². The van der Waals surface area contributed by atoms with Crippen LogP contribution in [0.3, 0.4) is 0 Å². The van der Waals surface area contributed by atoms with Gasteiger partial charge in [0, 0.05) is 0 Å². The average Bonchev–Trinajstić information content (AvgIpc) is 3.47. The number of ether oxygens (including phenoxy) is 2. The minimum atomic E-state index is -0.340. The normalized spacial score (nSPS) is 14.4. The number of hydrazone groups is 1. The summed E-state index contributed by atoms with van der Waals surface area (Å²) in [6.07, 6.45) is 3.10. The molecular weight excluding hydrogens is 430 g/mol. The van der Waals surface area contributed by atoms with Gasteiger partial charge in [-0.05, 0) is 41.5 Å². The van der Waals surface area contributed by atoms with Gasteiger partial charge in [-0.25, -0.2) is 10.1 Å². The average molecular weight is 454 g/mol. The third kappa shape index (κ3) is 4.47. The van der Waals surface area contributed by atoms with Gasteiger partial charge in [-0.3, -0.25) is 4.79 Å². The molecule has 0 spiro atoms. The maximum absolute atomic E-state index is 12.7. The summed E-state index contributed by atoms with van der Waals surface area (Å²) in [4.78, 5) is 12.7. The molecule has 2 heterocycles. The van der Waals surface area contributed by atoms with Crippen molar-refractivity contribution in [3.63, 3.8) is 0 Å². The predicted molar refractivity (Wildman–Crippen MR) is 130 cm³/mol. The molecule has 1 aromatic heterocycles.